The maximum Gasteiger partial charge on any atom is 0.341 e. The maximum atomic E-state index is 14.6. The molecule has 4 N–H and O–H groups in total. The van der Waals surface area contributed by atoms with Gasteiger partial charge in [-0.3, -0.25) is 9.59 Å². The first-order chi connectivity index (χ1) is 23.1. The van der Waals surface area contributed by atoms with Crippen LogP contribution in [0.4, 0.5) is 20.2 Å². The molecule has 12 nitrogen and oxygen atoms in total. The van der Waals surface area contributed by atoms with E-state index in [1.807, 2.05) is 18.9 Å². The summed E-state index contributed by atoms with van der Waals surface area (Å²) in [5.74, 6) is -3.51. The number of benzene rings is 2. The zero-order valence-corrected chi connectivity index (χ0v) is 27.4. The molecule has 2 saturated carbocycles. The smallest absolute Gasteiger partial charge is 0.341 e. The van der Waals surface area contributed by atoms with Crippen molar-refractivity contribution in [2.75, 3.05) is 62.2 Å². The van der Waals surface area contributed by atoms with Gasteiger partial charge in [-0.15, -0.1) is 12.4 Å². The summed E-state index contributed by atoms with van der Waals surface area (Å²) in [5.41, 5.74) is 0.319. The summed E-state index contributed by atoms with van der Waals surface area (Å²) in [7, 11) is 0. The average Bonchev–Trinajstić information content (AvgIpc) is 4.01. The third-order valence-electron chi connectivity index (χ3n) is 9.46. The van der Waals surface area contributed by atoms with Crippen molar-refractivity contribution in [3.8, 4) is 0 Å². The molecule has 0 unspecified atom stereocenters. The lowest BCUT2D eigenvalue weighted by Gasteiger charge is -2.30. The van der Waals surface area contributed by atoms with Gasteiger partial charge in [-0.05, 0) is 49.9 Å². The maximum absolute atomic E-state index is 14.6. The lowest BCUT2D eigenvalue weighted by atomic mass is 10.1. The first-order valence-electron chi connectivity index (χ1n) is 16.3. The second kappa shape index (κ2) is 13.8. The Labute approximate surface area is 285 Å². The van der Waals surface area contributed by atoms with E-state index in [0.717, 1.165) is 51.9 Å². The number of hydrogen-bond acceptors (Lipinski definition) is 8. The molecule has 15 heteroatoms. The van der Waals surface area contributed by atoms with Crippen LogP contribution in [0.15, 0.2) is 46.2 Å². The predicted octanol–water partition coefficient (Wildman–Crippen LogP) is 3.59. The fourth-order valence-electron chi connectivity index (χ4n) is 6.63. The molecule has 0 radical (unpaired) electrons. The van der Waals surface area contributed by atoms with E-state index in [2.05, 4.69) is 10.6 Å². The SMILES string of the molecule is Cl.O=C(O)c1cn(C2CC2)c2cc(N3CCNCC3)c(F)cc2c1=O.O=C(O)c1cn(C2CC2)c2cc(N3CCNCC3)c(F)cc2c1=O. The quantitative estimate of drug-likeness (QED) is 0.236. The molecule has 0 spiro atoms. The summed E-state index contributed by atoms with van der Waals surface area (Å²) in [4.78, 5) is 51.4. The number of fused-ring (bicyclic) bond motifs is 2. The number of aromatic nitrogens is 2. The lowest BCUT2D eigenvalue weighted by molar-refractivity contribution is 0.0684. The molecule has 49 heavy (non-hydrogen) atoms. The number of aromatic carboxylic acids is 2. The van der Waals surface area contributed by atoms with Crippen molar-refractivity contribution in [3.05, 3.63) is 79.9 Å². The summed E-state index contributed by atoms with van der Waals surface area (Å²) >= 11 is 0. The van der Waals surface area contributed by atoms with Crippen LogP contribution in [0.5, 0.6) is 0 Å². The van der Waals surface area contributed by atoms with Crippen LogP contribution in [0.2, 0.25) is 0 Å². The van der Waals surface area contributed by atoms with Gasteiger partial charge >= 0.3 is 11.9 Å². The van der Waals surface area contributed by atoms with Crippen molar-refractivity contribution in [2.45, 2.75) is 37.8 Å². The van der Waals surface area contributed by atoms with E-state index >= 15 is 0 Å². The van der Waals surface area contributed by atoms with Crippen molar-refractivity contribution < 1.29 is 28.6 Å². The van der Waals surface area contributed by atoms with Gasteiger partial charge in [0.2, 0.25) is 10.9 Å². The number of hydrogen-bond donors (Lipinski definition) is 4. The molecule has 0 atom stereocenters. The minimum Gasteiger partial charge on any atom is -0.477 e. The molecular weight excluding hydrogens is 662 g/mol. The Morgan fingerprint density at radius 3 is 1.29 bits per heavy atom. The van der Waals surface area contributed by atoms with Crippen LogP contribution in [-0.2, 0) is 0 Å². The Hall–Kier alpha value is -4.53. The molecule has 4 aromatic rings. The molecule has 0 bridgehead atoms. The van der Waals surface area contributed by atoms with Crippen LogP contribution >= 0.6 is 12.4 Å². The zero-order chi connectivity index (χ0) is 33.7. The third kappa shape index (κ3) is 6.72. The van der Waals surface area contributed by atoms with Gasteiger partial charge in [0.15, 0.2) is 0 Å². The van der Waals surface area contributed by atoms with Gasteiger partial charge in [0.25, 0.3) is 0 Å². The van der Waals surface area contributed by atoms with E-state index in [-0.39, 0.29) is 46.4 Å². The van der Waals surface area contributed by atoms with Crippen LogP contribution in [0.25, 0.3) is 21.8 Å². The first-order valence-corrected chi connectivity index (χ1v) is 16.3. The molecular formula is C34H37ClF2N6O6. The summed E-state index contributed by atoms with van der Waals surface area (Å²) in [6, 6.07) is 6.16. The number of carboxylic acid groups (broad SMARTS) is 2. The van der Waals surface area contributed by atoms with Gasteiger partial charge < -0.3 is 39.8 Å². The highest BCUT2D eigenvalue weighted by Crippen LogP contribution is 2.39. The number of nitrogens with zero attached hydrogens (tertiary/aromatic N) is 4. The van der Waals surface area contributed by atoms with Gasteiger partial charge in [-0.1, -0.05) is 0 Å². The number of rotatable bonds is 6. The fourth-order valence-corrected chi connectivity index (χ4v) is 6.63. The number of carbonyl (C=O) groups is 2. The number of carboxylic acids is 2. The molecule has 8 rings (SSSR count). The molecule has 2 aromatic carbocycles. The van der Waals surface area contributed by atoms with Gasteiger partial charge in [-0.2, -0.15) is 0 Å². The fraction of sp³-hybridized carbons (Fsp3) is 0.412. The first kappa shape index (κ1) is 34.3. The van der Waals surface area contributed by atoms with Gasteiger partial charge in [0, 0.05) is 87.6 Å². The zero-order valence-electron chi connectivity index (χ0n) is 26.6. The minimum absolute atomic E-state index is 0. The predicted molar refractivity (Wildman–Crippen MR) is 184 cm³/mol. The molecule has 0 amide bonds. The highest BCUT2D eigenvalue weighted by molar-refractivity contribution is 5.94. The van der Waals surface area contributed by atoms with Crippen molar-refractivity contribution in [3.63, 3.8) is 0 Å². The number of nitrogens with one attached hydrogen (secondary N) is 2. The third-order valence-corrected chi connectivity index (χ3v) is 9.46. The topological polar surface area (TPSA) is 149 Å². The largest absolute Gasteiger partial charge is 0.477 e. The number of anilines is 2. The minimum atomic E-state index is -1.28. The van der Waals surface area contributed by atoms with E-state index in [9.17, 15) is 38.2 Å². The van der Waals surface area contributed by atoms with Crippen LogP contribution < -0.4 is 31.3 Å². The van der Waals surface area contributed by atoms with Crippen LogP contribution in [0.3, 0.4) is 0 Å². The molecule has 2 aliphatic heterocycles. The molecule has 4 aliphatic rings. The second-order valence-corrected chi connectivity index (χ2v) is 12.7. The van der Waals surface area contributed by atoms with E-state index < -0.39 is 34.4 Å². The average molecular weight is 699 g/mol. The molecule has 260 valence electrons. The molecule has 4 heterocycles. The van der Waals surface area contributed by atoms with E-state index in [4.69, 9.17) is 0 Å². The van der Waals surface area contributed by atoms with Gasteiger partial charge in [0.05, 0.1) is 22.4 Å². The Balaban J connectivity index is 0.000000167. The molecule has 2 aromatic heterocycles. The summed E-state index contributed by atoms with van der Waals surface area (Å²) < 4.78 is 32.9. The summed E-state index contributed by atoms with van der Waals surface area (Å²) in [5, 5.41) is 25.2. The Morgan fingerprint density at radius 1 is 0.633 bits per heavy atom. The van der Waals surface area contributed by atoms with E-state index in [1.54, 1.807) is 12.1 Å². The van der Waals surface area contributed by atoms with Gasteiger partial charge in [0.1, 0.15) is 22.8 Å². The van der Waals surface area contributed by atoms with Crippen LogP contribution in [0, 0.1) is 11.6 Å². The van der Waals surface area contributed by atoms with Crippen LogP contribution in [0.1, 0.15) is 58.5 Å². The van der Waals surface area contributed by atoms with E-state index in [1.165, 1.54) is 24.5 Å². The summed E-state index contributed by atoms with van der Waals surface area (Å²) in [6.45, 7) is 5.92. The normalized spacial score (nSPS) is 17.8. The van der Waals surface area contributed by atoms with E-state index in [0.29, 0.717) is 48.6 Å². The van der Waals surface area contributed by atoms with Crippen molar-refractivity contribution in [1.29, 1.82) is 0 Å². The highest BCUT2D eigenvalue weighted by atomic mass is 35.5. The van der Waals surface area contributed by atoms with Crippen molar-refractivity contribution >= 4 is 57.5 Å². The second-order valence-electron chi connectivity index (χ2n) is 12.7. The van der Waals surface area contributed by atoms with Crippen LogP contribution in [-0.4, -0.2) is 83.6 Å². The van der Waals surface area contributed by atoms with Gasteiger partial charge in [-0.25, -0.2) is 18.4 Å². The molecule has 2 aliphatic carbocycles. The number of halogens is 3. The van der Waals surface area contributed by atoms with Crippen molar-refractivity contribution in [2.24, 2.45) is 0 Å². The number of pyridine rings is 2. The van der Waals surface area contributed by atoms with Crippen molar-refractivity contribution in [1.82, 2.24) is 19.8 Å². The Morgan fingerprint density at radius 2 is 0.980 bits per heavy atom. The highest BCUT2D eigenvalue weighted by Gasteiger charge is 2.29. The summed E-state index contributed by atoms with van der Waals surface area (Å²) in [6.07, 6.45) is 6.58. The monoisotopic (exact) mass is 698 g/mol. The number of piperazine rings is 2. The molecule has 4 fully saturated rings. The Bertz CT molecular complexity index is 1920. The standard InChI is InChI=1S/2C17H18FN3O3.ClH/c2*18-13-7-11-14(8-15(13)20-5-3-19-4-6-20)21(10-1-2-10)9-12(16(11)22)17(23)24;/h2*7-10,19H,1-6H2,(H,23,24);1H. The Kier molecular flexibility index (Phi) is 9.65. The lowest BCUT2D eigenvalue weighted by Crippen LogP contribution is -2.43. The molecule has 2 saturated heterocycles.